The molecule has 0 aromatic heterocycles. The Morgan fingerprint density at radius 3 is 1.49 bits per heavy atom. The lowest BCUT2D eigenvalue weighted by Crippen LogP contribution is -2.07. The highest BCUT2D eigenvalue weighted by molar-refractivity contribution is 7.97. The second kappa shape index (κ2) is 12.9. The summed E-state index contributed by atoms with van der Waals surface area (Å²) in [4.78, 5) is 3.07. The number of sulfone groups is 1. The molecule has 6 nitrogen and oxygen atoms in total. The van der Waals surface area contributed by atoms with Gasteiger partial charge in [-0.2, -0.15) is 0 Å². The van der Waals surface area contributed by atoms with Crippen molar-refractivity contribution in [3.05, 3.63) is 109 Å². The highest BCUT2D eigenvalue weighted by Gasteiger charge is 2.27. The molecule has 4 aromatic rings. The minimum atomic E-state index is -4.81. The first kappa shape index (κ1) is 28.5. The maximum atomic E-state index is 11.8. The van der Waals surface area contributed by atoms with Crippen molar-refractivity contribution in [3.8, 4) is 5.75 Å². The molecule has 0 aliphatic carbocycles. The normalized spacial score (nSPS) is 11.5. The summed E-state index contributed by atoms with van der Waals surface area (Å²) in [6, 6.07) is 34.8. The number of benzene rings is 4. The van der Waals surface area contributed by atoms with Gasteiger partial charge in [0.15, 0.2) is 24.5 Å². The van der Waals surface area contributed by atoms with Crippen LogP contribution in [0.1, 0.15) is 19.8 Å². The molecule has 0 amide bonds. The molecule has 37 heavy (non-hydrogen) atoms. The lowest BCUT2D eigenvalue weighted by atomic mass is 10.3. The van der Waals surface area contributed by atoms with Crippen molar-refractivity contribution in [2.75, 3.05) is 5.75 Å². The van der Waals surface area contributed by atoms with E-state index >= 15 is 0 Å². The van der Waals surface area contributed by atoms with E-state index in [1.165, 1.54) is 14.7 Å². The van der Waals surface area contributed by atoms with Crippen molar-refractivity contribution >= 4 is 30.9 Å². The number of phenols is 1. The van der Waals surface area contributed by atoms with E-state index in [0.717, 1.165) is 18.2 Å². The minimum absolute atomic E-state index is 0.0146. The van der Waals surface area contributed by atoms with E-state index in [1.807, 2.05) is 6.92 Å². The summed E-state index contributed by atoms with van der Waals surface area (Å²) in [6.45, 7) is 1.83. The monoisotopic (exact) mass is 556 g/mol. The summed E-state index contributed by atoms with van der Waals surface area (Å²) in [5, 5.41) is 9.37. The third-order valence-corrected chi connectivity index (χ3v) is 10.2. The Morgan fingerprint density at radius 1 is 0.703 bits per heavy atom. The van der Waals surface area contributed by atoms with Gasteiger partial charge in [0, 0.05) is 0 Å². The average Bonchev–Trinajstić information content (AvgIpc) is 2.89. The molecular weight excluding hydrogens is 529 g/mol. The molecule has 1 N–H and O–H groups in total. The zero-order valence-corrected chi connectivity index (χ0v) is 22.7. The van der Waals surface area contributed by atoms with Crippen LogP contribution in [0.15, 0.2) is 134 Å². The first-order valence-electron chi connectivity index (χ1n) is 11.5. The SMILES string of the molecule is CCCCS(=O)(=O)c1ccc(S(=O)(=O)[O-])c(O)c1.c1ccc([S+](c2ccccc2)c2ccccc2)cc1. The zero-order valence-electron chi connectivity index (χ0n) is 20.2. The Balaban J connectivity index is 0.000000206. The van der Waals surface area contributed by atoms with Gasteiger partial charge in [0.05, 0.1) is 26.4 Å². The predicted molar refractivity (Wildman–Crippen MR) is 145 cm³/mol. The molecule has 0 aliphatic heterocycles. The van der Waals surface area contributed by atoms with Gasteiger partial charge in [-0.3, -0.25) is 0 Å². The minimum Gasteiger partial charge on any atom is -0.744 e. The standard InChI is InChI=1S/C18H15S.C10H14O6S2/c1-4-10-16(11-5-1)19(17-12-6-2-7-13-17)18-14-8-3-9-15-18;1-2-3-6-17(12,13)8-4-5-10(9(11)7-8)18(14,15)16/h1-15H;4-5,7,11H,2-3,6H2,1H3,(H,14,15,16)/q+1;/p-1. The van der Waals surface area contributed by atoms with E-state index in [-0.39, 0.29) is 21.5 Å². The Morgan fingerprint density at radius 2 is 1.14 bits per heavy atom. The molecule has 0 bridgehead atoms. The number of hydrogen-bond donors (Lipinski definition) is 1. The fourth-order valence-corrected chi connectivity index (χ4v) is 7.56. The summed E-state index contributed by atoms with van der Waals surface area (Å²) in [6.07, 6.45) is 1.16. The molecular formula is C28H28O6S3. The summed E-state index contributed by atoms with van der Waals surface area (Å²) < 4.78 is 55.7. The van der Waals surface area contributed by atoms with Crippen LogP contribution in [0, 0.1) is 0 Å². The van der Waals surface area contributed by atoms with Gasteiger partial charge < -0.3 is 9.66 Å². The van der Waals surface area contributed by atoms with Crippen molar-refractivity contribution < 1.29 is 26.5 Å². The highest BCUT2D eigenvalue weighted by Crippen LogP contribution is 2.30. The van der Waals surface area contributed by atoms with E-state index in [9.17, 15) is 26.5 Å². The van der Waals surface area contributed by atoms with Crippen LogP contribution in [0.5, 0.6) is 5.75 Å². The Bertz CT molecular complexity index is 1400. The van der Waals surface area contributed by atoms with E-state index in [4.69, 9.17) is 0 Å². The van der Waals surface area contributed by atoms with Crippen LogP contribution in [0.25, 0.3) is 0 Å². The topological polar surface area (TPSA) is 112 Å². The van der Waals surface area contributed by atoms with Gasteiger partial charge in [0.25, 0.3) is 0 Å². The van der Waals surface area contributed by atoms with Gasteiger partial charge in [-0.15, -0.1) is 0 Å². The molecule has 4 aromatic carbocycles. The summed E-state index contributed by atoms with van der Waals surface area (Å²) in [7, 11) is -8.39. The first-order valence-corrected chi connectivity index (χ1v) is 15.8. The van der Waals surface area contributed by atoms with Crippen LogP contribution in [-0.2, 0) is 30.9 Å². The number of rotatable bonds is 8. The van der Waals surface area contributed by atoms with Crippen molar-refractivity contribution in [3.63, 3.8) is 0 Å². The zero-order chi connectivity index (χ0) is 26.9. The molecule has 0 atom stereocenters. The van der Waals surface area contributed by atoms with Crippen LogP contribution in [0.3, 0.4) is 0 Å². The molecule has 0 spiro atoms. The van der Waals surface area contributed by atoms with E-state index in [2.05, 4.69) is 91.0 Å². The maximum absolute atomic E-state index is 11.8. The van der Waals surface area contributed by atoms with Gasteiger partial charge in [-0.05, 0) is 61.0 Å². The van der Waals surface area contributed by atoms with Gasteiger partial charge >= 0.3 is 0 Å². The molecule has 0 saturated heterocycles. The second-order valence-corrected chi connectivity index (χ2v) is 13.5. The van der Waals surface area contributed by atoms with Gasteiger partial charge in [0.2, 0.25) is 0 Å². The summed E-state index contributed by atoms with van der Waals surface area (Å²) in [5.74, 6) is -0.936. The van der Waals surface area contributed by atoms with Crippen molar-refractivity contribution in [1.29, 1.82) is 0 Å². The number of phenolic OH excluding ortho intramolecular Hbond substituents is 1. The Labute approximate surface area is 221 Å². The third kappa shape index (κ3) is 7.93. The van der Waals surface area contributed by atoms with Crippen molar-refractivity contribution in [2.45, 2.75) is 44.2 Å². The Hall–Kier alpha value is -3.11. The van der Waals surface area contributed by atoms with Crippen LogP contribution >= 0.6 is 0 Å². The molecule has 9 heteroatoms. The second-order valence-electron chi connectivity index (χ2n) is 8.00. The largest absolute Gasteiger partial charge is 0.744 e. The number of hydrogen-bond acceptors (Lipinski definition) is 6. The fraction of sp³-hybridized carbons (Fsp3) is 0.143. The van der Waals surface area contributed by atoms with Gasteiger partial charge in [0.1, 0.15) is 15.9 Å². The van der Waals surface area contributed by atoms with Crippen LogP contribution < -0.4 is 0 Å². The van der Waals surface area contributed by atoms with E-state index < -0.39 is 30.6 Å². The van der Waals surface area contributed by atoms with Gasteiger partial charge in [-0.25, -0.2) is 16.8 Å². The smallest absolute Gasteiger partial charge is 0.178 e. The molecule has 4 rings (SSSR count). The predicted octanol–water partition coefficient (Wildman–Crippen LogP) is 5.65. The third-order valence-electron chi connectivity index (χ3n) is 5.26. The van der Waals surface area contributed by atoms with Crippen LogP contribution in [0.4, 0.5) is 0 Å². The quantitative estimate of drug-likeness (QED) is 0.222. The molecule has 0 fully saturated rings. The summed E-state index contributed by atoms with van der Waals surface area (Å²) >= 11 is 0. The molecule has 0 unspecified atom stereocenters. The van der Waals surface area contributed by atoms with Gasteiger partial charge in [-0.1, -0.05) is 67.9 Å². The average molecular weight is 557 g/mol. The lowest BCUT2D eigenvalue weighted by Gasteiger charge is -2.10. The number of unbranched alkanes of at least 4 members (excludes halogenated alkanes) is 1. The van der Waals surface area contributed by atoms with Crippen molar-refractivity contribution in [2.24, 2.45) is 0 Å². The van der Waals surface area contributed by atoms with Crippen LogP contribution in [0.2, 0.25) is 0 Å². The summed E-state index contributed by atoms with van der Waals surface area (Å²) in [5.41, 5.74) is 0. The first-order chi connectivity index (χ1) is 17.6. The van der Waals surface area contributed by atoms with E-state index in [1.54, 1.807) is 0 Å². The van der Waals surface area contributed by atoms with Crippen LogP contribution in [-0.4, -0.2) is 32.2 Å². The van der Waals surface area contributed by atoms with E-state index in [0.29, 0.717) is 12.8 Å². The maximum Gasteiger partial charge on any atom is 0.178 e. The Kier molecular flexibility index (Phi) is 9.93. The lowest BCUT2D eigenvalue weighted by molar-refractivity contribution is 0.434. The number of aromatic hydroxyl groups is 1. The highest BCUT2D eigenvalue weighted by atomic mass is 32.2. The van der Waals surface area contributed by atoms with Crippen molar-refractivity contribution in [1.82, 2.24) is 0 Å². The molecule has 0 saturated carbocycles. The molecule has 0 aliphatic rings. The molecule has 194 valence electrons. The molecule has 0 heterocycles. The fourth-order valence-electron chi connectivity index (χ4n) is 3.43. The molecule has 0 radical (unpaired) electrons.